The molecule has 0 atom stereocenters. The highest BCUT2D eigenvalue weighted by Gasteiger charge is 2.23. The minimum Gasteiger partial charge on any atom is -0.389 e. The van der Waals surface area contributed by atoms with Crippen LogP contribution in [0.25, 0.3) is 0 Å². The second-order valence-electron chi connectivity index (χ2n) is 6.61. The van der Waals surface area contributed by atoms with Gasteiger partial charge in [-0.25, -0.2) is 0 Å². The molecule has 1 fully saturated rings. The van der Waals surface area contributed by atoms with E-state index in [0.29, 0.717) is 4.99 Å². The Morgan fingerprint density at radius 2 is 1.95 bits per heavy atom. The van der Waals surface area contributed by atoms with E-state index in [0.717, 1.165) is 24.1 Å². The van der Waals surface area contributed by atoms with Crippen LogP contribution < -0.4 is 5.73 Å². The molecule has 2 nitrogen and oxygen atoms in total. The van der Waals surface area contributed by atoms with Gasteiger partial charge < -0.3 is 5.73 Å². The van der Waals surface area contributed by atoms with Crippen LogP contribution in [0.3, 0.4) is 0 Å². The van der Waals surface area contributed by atoms with Crippen molar-refractivity contribution in [1.82, 2.24) is 4.90 Å². The molecule has 0 unspecified atom stereocenters. The fourth-order valence-corrected chi connectivity index (χ4v) is 3.40. The third kappa shape index (κ3) is 4.79. The molecule has 0 aliphatic heterocycles. The number of nitrogens with two attached hydrogens (primary N) is 1. The molecule has 0 radical (unpaired) electrons. The van der Waals surface area contributed by atoms with Gasteiger partial charge >= 0.3 is 0 Å². The van der Waals surface area contributed by atoms with Gasteiger partial charge in [0, 0.05) is 18.2 Å². The third-order valence-electron chi connectivity index (χ3n) is 4.49. The molecule has 1 aliphatic rings. The van der Waals surface area contributed by atoms with E-state index in [4.69, 9.17) is 18.0 Å². The lowest BCUT2D eigenvalue weighted by Gasteiger charge is -2.30. The molecule has 0 bridgehead atoms. The Balaban J connectivity index is 2.12. The van der Waals surface area contributed by atoms with E-state index in [1.54, 1.807) is 0 Å². The molecule has 116 valence electrons. The first-order valence-corrected chi connectivity index (χ1v) is 8.60. The van der Waals surface area contributed by atoms with Crippen molar-refractivity contribution in [3.8, 4) is 0 Å². The Kier molecular flexibility index (Phi) is 6.19. The summed E-state index contributed by atoms with van der Waals surface area (Å²) in [4.78, 5) is 3.17. The number of hydrogen-bond donors (Lipinski definition) is 1. The molecule has 21 heavy (non-hydrogen) atoms. The van der Waals surface area contributed by atoms with Crippen molar-refractivity contribution < 1.29 is 0 Å². The predicted molar refractivity (Wildman–Crippen MR) is 94.5 cm³/mol. The van der Waals surface area contributed by atoms with Gasteiger partial charge in [0.25, 0.3) is 0 Å². The SMILES string of the molecule is CC(C)CCN(Cc1ccccc1C(N)=S)C1CCCC1. The van der Waals surface area contributed by atoms with Crippen LogP contribution in [0.4, 0.5) is 0 Å². The maximum atomic E-state index is 5.88. The highest BCUT2D eigenvalue weighted by molar-refractivity contribution is 7.80. The zero-order chi connectivity index (χ0) is 15.2. The average Bonchev–Trinajstić information content (AvgIpc) is 2.97. The van der Waals surface area contributed by atoms with E-state index in [2.05, 4.69) is 30.9 Å². The summed E-state index contributed by atoms with van der Waals surface area (Å²) in [6, 6.07) is 9.07. The lowest BCUT2D eigenvalue weighted by Crippen LogP contribution is -2.34. The maximum Gasteiger partial charge on any atom is 0.104 e. The van der Waals surface area contributed by atoms with Crippen molar-refractivity contribution >= 4 is 17.2 Å². The molecule has 0 heterocycles. The summed E-state index contributed by atoms with van der Waals surface area (Å²) in [7, 11) is 0. The first-order chi connectivity index (χ1) is 10.1. The Hall–Kier alpha value is -0.930. The normalized spacial score (nSPS) is 16.0. The van der Waals surface area contributed by atoms with Gasteiger partial charge in [-0.2, -0.15) is 0 Å². The Morgan fingerprint density at radius 3 is 2.57 bits per heavy atom. The molecule has 0 aromatic heterocycles. The van der Waals surface area contributed by atoms with Crippen LogP contribution in [-0.2, 0) is 6.54 Å². The summed E-state index contributed by atoms with van der Waals surface area (Å²) in [5, 5.41) is 0. The average molecular weight is 305 g/mol. The van der Waals surface area contributed by atoms with Gasteiger partial charge in [0.05, 0.1) is 0 Å². The van der Waals surface area contributed by atoms with Gasteiger partial charge in [-0.15, -0.1) is 0 Å². The molecule has 2 rings (SSSR count). The molecule has 0 amide bonds. The van der Waals surface area contributed by atoms with Gasteiger partial charge in [0.1, 0.15) is 4.99 Å². The topological polar surface area (TPSA) is 29.3 Å². The van der Waals surface area contributed by atoms with Crippen LogP contribution in [0.2, 0.25) is 0 Å². The highest BCUT2D eigenvalue weighted by atomic mass is 32.1. The molecule has 0 spiro atoms. The van der Waals surface area contributed by atoms with E-state index < -0.39 is 0 Å². The summed E-state index contributed by atoms with van der Waals surface area (Å²) in [6.45, 7) is 6.75. The smallest absolute Gasteiger partial charge is 0.104 e. The predicted octanol–water partition coefficient (Wildman–Crippen LogP) is 4.11. The van der Waals surface area contributed by atoms with Gasteiger partial charge in [-0.05, 0) is 37.3 Å². The maximum absolute atomic E-state index is 5.88. The lowest BCUT2D eigenvalue weighted by atomic mass is 10.0. The molecule has 1 saturated carbocycles. The molecule has 1 aromatic rings. The Bertz CT molecular complexity index is 464. The Morgan fingerprint density at radius 1 is 1.29 bits per heavy atom. The molecule has 1 aliphatic carbocycles. The zero-order valence-electron chi connectivity index (χ0n) is 13.3. The van der Waals surface area contributed by atoms with Crippen molar-refractivity contribution in [2.75, 3.05) is 6.54 Å². The van der Waals surface area contributed by atoms with Crippen LogP contribution in [-0.4, -0.2) is 22.5 Å². The quantitative estimate of drug-likeness (QED) is 0.769. The number of hydrogen-bond acceptors (Lipinski definition) is 2. The van der Waals surface area contributed by atoms with Crippen molar-refractivity contribution in [2.45, 2.75) is 58.5 Å². The molecule has 1 aromatic carbocycles. The zero-order valence-corrected chi connectivity index (χ0v) is 14.2. The minimum absolute atomic E-state index is 0.515. The fourth-order valence-electron chi connectivity index (χ4n) is 3.20. The summed E-state index contributed by atoms with van der Waals surface area (Å²) in [5.41, 5.74) is 8.20. The standard InChI is InChI=1S/C18H28N2S/c1-14(2)11-12-20(16-8-4-5-9-16)13-15-7-3-6-10-17(15)18(19)21/h3,6-7,10,14,16H,4-5,8-9,11-13H2,1-2H3,(H2,19,21). The van der Waals surface area contributed by atoms with Crippen LogP contribution in [0.5, 0.6) is 0 Å². The van der Waals surface area contributed by atoms with Gasteiger partial charge in [-0.1, -0.05) is 63.2 Å². The first-order valence-electron chi connectivity index (χ1n) is 8.19. The van der Waals surface area contributed by atoms with Crippen LogP contribution >= 0.6 is 12.2 Å². The largest absolute Gasteiger partial charge is 0.389 e. The van der Waals surface area contributed by atoms with E-state index in [-0.39, 0.29) is 0 Å². The first kappa shape index (κ1) is 16.4. The van der Waals surface area contributed by atoms with Crippen molar-refractivity contribution in [3.05, 3.63) is 35.4 Å². The van der Waals surface area contributed by atoms with E-state index >= 15 is 0 Å². The third-order valence-corrected chi connectivity index (χ3v) is 4.71. The summed E-state index contributed by atoms with van der Waals surface area (Å²) in [6.07, 6.45) is 6.69. The molecular formula is C18H28N2S. The second kappa shape index (κ2) is 7.90. The molecular weight excluding hydrogens is 276 g/mol. The monoisotopic (exact) mass is 304 g/mol. The number of benzene rings is 1. The molecule has 3 heteroatoms. The van der Waals surface area contributed by atoms with E-state index in [1.807, 2.05) is 12.1 Å². The van der Waals surface area contributed by atoms with Crippen molar-refractivity contribution in [1.29, 1.82) is 0 Å². The van der Waals surface area contributed by atoms with Gasteiger partial charge in [0.15, 0.2) is 0 Å². The van der Waals surface area contributed by atoms with Crippen molar-refractivity contribution in [2.24, 2.45) is 11.7 Å². The van der Waals surface area contributed by atoms with E-state index in [1.165, 1.54) is 44.2 Å². The minimum atomic E-state index is 0.515. The fraction of sp³-hybridized carbons (Fsp3) is 0.611. The number of rotatable bonds is 7. The van der Waals surface area contributed by atoms with Gasteiger partial charge in [-0.3, -0.25) is 4.90 Å². The second-order valence-corrected chi connectivity index (χ2v) is 7.05. The highest BCUT2D eigenvalue weighted by Crippen LogP contribution is 2.26. The summed E-state index contributed by atoms with van der Waals surface area (Å²) >= 11 is 5.20. The molecule has 0 saturated heterocycles. The van der Waals surface area contributed by atoms with Crippen LogP contribution in [0, 0.1) is 5.92 Å². The Labute approximate surface area is 134 Å². The number of thiocarbonyl (C=S) groups is 1. The van der Waals surface area contributed by atoms with Gasteiger partial charge in [0.2, 0.25) is 0 Å². The van der Waals surface area contributed by atoms with Crippen LogP contribution in [0.15, 0.2) is 24.3 Å². The lowest BCUT2D eigenvalue weighted by molar-refractivity contribution is 0.179. The number of nitrogens with zero attached hydrogens (tertiary/aromatic N) is 1. The summed E-state index contributed by atoms with van der Waals surface area (Å²) in [5.74, 6) is 0.750. The summed E-state index contributed by atoms with van der Waals surface area (Å²) < 4.78 is 0. The molecule has 2 N–H and O–H groups in total. The van der Waals surface area contributed by atoms with E-state index in [9.17, 15) is 0 Å². The van der Waals surface area contributed by atoms with Crippen molar-refractivity contribution in [3.63, 3.8) is 0 Å². The van der Waals surface area contributed by atoms with Crippen LogP contribution in [0.1, 0.15) is 57.1 Å².